The Hall–Kier alpha value is -1.30. The van der Waals surface area contributed by atoms with Crippen LogP contribution in [0.1, 0.15) is 25.7 Å². The van der Waals surface area contributed by atoms with Crippen LogP contribution in [0.15, 0.2) is 0 Å². The van der Waals surface area contributed by atoms with Crippen molar-refractivity contribution < 1.29 is 129 Å². The first-order valence-electron chi connectivity index (χ1n) is 6.30. The van der Waals surface area contributed by atoms with Crippen LogP contribution in [0, 0.1) is 0 Å². The molecule has 17 heteroatoms. The maximum absolute atomic E-state index is 10.2. The number of carboxylic acids is 6. The van der Waals surface area contributed by atoms with E-state index >= 15 is 0 Å². The molecule has 0 bridgehead atoms. The summed E-state index contributed by atoms with van der Waals surface area (Å²) < 4.78 is 0. The molecule has 0 aromatic rings. The third-order valence-corrected chi connectivity index (χ3v) is 2.53. The van der Waals surface area contributed by atoms with Crippen LogP contribution in [0.25, 0.3) is 0 Å². The number of carbonyl (C=O) groups is 6. The minimum atomic E-state index is -2.85. The minimum Gasteiger partial charge on any atom is -0.547 e. The van der Waals surface area contributed by atoms with Crippen LogP contribution in [-0.2, 0) is 28.8 Å². The van der Waals surface area contributed by atoms with Crippen molar-refractivity contribution in [2.24, 2.45) is 0 Å². The smallest absolute Gasteiger partial charge is 0.547 e. The van der Waals surface area contributed by atoms with Gasteiger partial charge in [-0.05, 0) is 0 Å². The molecule has 0 heterocycles. The molecular weight excluding hydrogens is 428 g/mol. The van der Waals surface area contributed by atoms with Crippen LogP contribution in [0.4, 0.5) is 0 Å². The van der Waals surface area contributed by atoms with E-state index in [2.05, 4.69) is 0 Å². The van der Waals surface area contributed by atoms with Gasteiger partial charge in [-0.1, -0.05) is 0 Å². The minimum absolute atomic E-state index is 0. The Morgan fingerprint density at radius 3 is 0.759 bits per heavy atom. The summed E-state index contributed by atoms with van der Waals surface area (Å²) >= 11 is 0. The zero-order chi connectivity index (χ0) is 21.3. The van der Waals surface area contributed by atoms with Crippen LogP contribution in [0.5, 0.6) is 0 Å². The van der Waals surface area contributed by atoms with Gasteiger partial charge in [0, 0.05) is 0 Å². The molecule has 0 radical (unpaired) electrons. The third-order valence-electron chi connectivity index (χ3n) is 2.53. The first-order chi connectivity index (χ1) is 11.6. The largest absolute Gasteiger partial charge is 1.00 e. The normalized spacial score (nSPS) is 9.72. The number of aliphatic carboxylic acids is 6. The van der Waals surface area contributed by atoms with Crippen molar-refractivity contribution in [2.45, 2.75) is 36.9 Å². The van der Waals surface area contributed by atoms with Gasteiger partial charge in [-0.15, -0.1) is 0 Å². The molecule has 156 valence electrons. The Morgan fingerprint density at radius 2 is 0.690 bits per heavy atom. The molecule has 0 aliphatic rings. The number of carbonyl (C=O) groups excluding carboxylic acids is 2. The average Bonchev–Trinajstić information content (AvgIpc) is 2.34. The molecule has 0 spiro atoms. The number of hydrogen-bond donors (Lipinski definition) is 7. The van der Waals surface area contributed by atoms with Crippen LogP contribution >= 0.6 is 0 Å². The van der Waals surface area contributed by atoms with Gasteiger partial charge >= 0.3 is 83.0 Å². The fourth-order valence-electron chi connectivity index (χ4n) is 1.41. The van der Waals surface area contributed by atoms with E-state index < -0.39 is 72.7 Å². The topological polar surface area (TPSA) is 305 Å². The van der Waals surface area contributed by atoms with Crippen molar-refractivity contribution in [2.75, 3.05) is 0 Å². The fourth-order valence-corrected chi connectivity index (χ4v) is 1.41. The summed E-state index contributed by atoms with van der Waals surface area (Å²) in [5.41, 5.74) is -5.70. The fraction of sp³-hybridized carbons (Fsp3) is 0.500. The number of aliphatic hydroxyl groups is 2. The SMILES string of the molecule is N.O=C(O)CC(O)(CC(=O)O)C(=O)[O-].O=C(O)CC(O)(CC(=O)O)C(=O)[O-].[Na+].[Na+]. The van der Waals surface area contributed by atoms with Gasteiger partial charge in [0.05, 0.1) is 37.6 Å². The van der Waals surface area contributed by atoms with Gasteiger partial charge < -0.3 is 56.6 Å². The Bertz CT molecular complexity index is 523. The molecule has 0 saturated heterocycles. The van der Waals surface area contributed by atoms with Crippen LogP contribution in [-0.4, -0.2) is 77.7 Å². The molecule has 0 aliphatic carbocycles. The van der Waals surface area contributed by atoms with Crippen molar-refractivity contribution >= 4 is 35.8 Å². The summed E-state index contributed by atoms with van der Waals surface area (Å²) in [5, 5.41) is 71.1. The summed E-state index contributed by atoms with van der Waals surface area (Å²) in [4.78, 5) is 60.6. The molecule has 9 N–H and O–H groups in total. The van der Waals surface area contributed by atoms with Gasteiger partial charge in [0.1, 0.15) is 11.2 Å². The second-order valence-electron chi connectivity index (χ2n) is 4.92. The van der Waals surface area contributed by atoms with Crippen molar-refractivity contribution in [3.8, 4) is 0 Å². The van der Waals surface area contributed by atoms with Gasteiger partial charge in [0.2, 0.25) is 0 Å². The van der Waals surface area contributed by atoms with Gasteiger partial charge in [-0.2, -0.15) is 0 Å². The molecule has 0 aromatic heterocycles. The molecule has 0 aliphatic heterocycles. The molecule has 0 unspecified atom stereocenters. The zero-order valence-corrected chi connectivity index (χ0v) is 19.5. The molecule has 0 rings (SSSR count). The predicted octanol–water partition coefficient (Wildman–Crippen LogP) is -11.0. The molecule has 15 nitrogen and oxygen atoms in total. The van der Waals surface area contributed by atoms with E-state index in [1.54, 1.807) is 0 Å². The van der Waals surface area contributed by atoms with Gasteiger partial charge in [-0.3, -0.25) is 19.2 Å². The second kappa shape index (κ2) is 16.5. The first kappa shape index (κ1) is 38.3. The van der Waals surface area contributed by atoms with Gasteiger partial charge in [0.25, 0.3) is 0 Å². The number of hydrogen-bond acceptors (Lipinski definition) is 11. The molecule has 0 aromatic carbocycles. The monoisotopic (exact) mass is 445 g/mol. The maximum atomic E-state index is 10.2. The zero-order valence-electron chi connectivity index (χ0n) is 15.5. The van der Waals surface area contributed by atoms with E-state index in [0.717, 1.165) is 0 Å². The van der Waals surface area contributed by atoms with E-state index in [1.807, 2.05) is 0 Å². The summed E-state index contributed by atoms with van der Waals surface area (Å²) in [6.45, 7) is 0. The first-order valence-corrected chi connectivity index (χ1v) is 6.30. The van der Waals surface area contributed by atoms with Gasteiger partial charge in [0.15, 0.2) is 0 Å². The van der Waals surface area contributed by atoms with Crippen LogP contribution in [0.3, 0.4) is 0 Å². The quantitative estimate of drug-likeness (QED) is 0.153. The maximum Gasteiger partial charge on any atom is 1.00 e. The molecule has 0 fully saturated rings. The molecule has 29 heavy (non-hydrogen) atoms. The summed E-state index contributed by atoms with van der Waals surface area (Å²) in [6, 6.07) is 0. The Morgan fingerprint density at radius 1 is 0.552 bits per heavy atom. The van der Waals surface area contributed by atoms with E-state index in [0.29, 0.717) is 0 Å². The van der Waals surface area contributed by atoms with E-state index in [4.69, 9.17) is 30.6 Å². The Kier molecular flexibility index (Phi) is 21.8. The third kappa shape index (κ3) is 17.3. The van der Waals surface area contributed by atoms with Crippen LogP contribution < -0.4 is 75.5 Å². The summed E-state index contributed by atoms with van der Waals surface area (Å²) in [5.74, 6) is -10.7. The number of rotatable bonds is 10. The van der Waals surface area contributed by atoms with Crippen LogP contribution in [0.2, 0.25) is 0 Å². The van der Waals surface area contributed by atoms with Gasteiger partial charge in [-0.25, -0.2) is 0 Å². The second-order valence-corrected chi connectivity index (χ2v) is 4.92. The van der Waals surface area contributed by atoms with E-state index in [-0.39, 0.29) is 65.3 Å². The molecule has 0 amide bonds. The van der Waals surface area contributed by atoms with Crippen molar-refractivity contribution in [3.63, 3.8) is 0 Å². The molecule has 0 saturated carbocycles. The average molecular weight is 445 g/mol. The summed E-state index contributed by atoms with van der Waals surface area (Å²) in [6.07, 6.45) is -4.83. The Labute approximate surface area is 206 Å². The van der Waals surface area contributed by atoms with Crippen molar-refractivity contribution in [1.29, 1.82) is 0 Å². The standard InChI is InChI=1S/2C6H8O7.H3N.2Na/c2*7-3(8)1-6(13,5(11)12)2-4(9)10;;;/h2*13H,1-2H2,(H,7,8)(H,9,10)(H,11,12);1H3;;/q;;;2*+1/p-2. The number of carboxylic acid groups (broad SMARTS) is 6. The van der Waals surface area contributed by atoms with Crippen molar-refractivity contribution in [1.82, 2.24) is 6.15 Å². The predicted molar refractivity (Wildman–Crippen MR) is 73.9 cm³/mol. The Balaban J connectivity index is -0.000000120. The van der Waals surface area contributed by atoms with Crippen molar-refractivity contribution in [3.05, 3.63) is 0 Å². The van der Waals surface area contributed by atoms with E-state index in [9.17, 15) is 39.0 Å². The molecule has 0 atom stereocenters. The van der Waals surface area contributed by atoms with E-state index in [1.165, 1.54) is 0 Å². The molecular formula is C12H17NNa2O14. The summed E-state index contributed by atoms with van der Waals surface area (Å²) in [7, 11) is 0.